The van der Waals surface area contributed by atoms with Crippen LogP contribution in [0.15, 0.2) is 24.3 Å². The Labute approximate surface area is 127 Å². The van der Waals surface area contributed by atoms with Crippen molar-refractivity contribution >= 4 is 5.69 Å². The van der Waals surface area contributed by atoms with Crippen molar-refractivity contribution in [2.24, 2.45) is 5.92 Å². The highest BCUT2D eigenvalue weighted by atomic mass is 16.6. The highest BCUT2D eigenvalue weighted by Crippen LogP contribution is 2.26. The second-order valence-electron chi connectivity index (χ2n) is 6.16. The zero-order valence-corrected chi connectivity index (χ0v) is 12.9. The van der Waals surface area contributed by atoms with Crippen LogP contribution in [-0.2, 0) is 6.54 Å². The molecule has 116 valence electrons. The van der Waals surface area contributed by atoms with Crippen molar-refractivity contribution in [1.82, 2.24) is 5.32 Å². The van der Waals surface area contributed by atoms with E-state index < -0.39 is 0 Å². The van der Waals surface area contributed by atoms with Gasteiger partial charge in [-0.3, -0.25) is 10.1 Å². The second kappa shape index (κ2) is 8.13. The first-order valence-corrected chi connectivity index (χ1v) is 8.15. The monoisotopic (exact) mass is 290 g/mol. The highest BCUT2D eigenvalue weighted by molar-refractivity contribution is 5.32. The quantitative estimate of drug-likeness (QED) is 0.479. The van der Waals surface area contributed by atoms with Crippen LogP contribution in [-0.4, -0.2) is 11.0 Å². The Bertz CT molecular complexity index is 445. The maximum Gasteiger partial charge on any atom is 0.269 e. The van der Waals surface area contributed by atoms with E-state index in [1.807, 2.05) is 12.1 Å². The van der Waals surface area contributed by atoms with Gasteiger partial charge in [0, 0.05) is 24.7 Å². The molecule has 2 rings (SSSR count). The summed E-state index contributed by atoms with van der Waals surface area (Å²) < 4.78 is 0. The van der Waals surface area contributed by atoms with Crippen molar-refractivity contribution in [2.75, 3.05) is 0 Å². The molecule has 2 unspecified atom stereocenters. The number of rotatable bonds is 6. The van der Waals surface area contributed by atoms with E-state index >= 15 is 0 Å². The molecular weight excluding hydrogens is 264 g/mol. The van der Waals surface area contributed by atoms with Crippen molar-refractivity contribution in [2.45, 2.75) is 64.5 Å². The summed E-state index contributed by atoms with van der Waals surface area (Å²) in [6.07, 6.45) is 9.23. The van der Waals surface area contributed by atoms with Crippen LogP contribution in [0.3, 0.4) is 0 Å². The molecule has 4 nitrogen and oxygen atoms in total. The molecule has 0 aliphatic heterocycles. The van der Waals surface area contributed by atoms with Crippen LogP contribution in [0, 0.1) is 16.0 Å². The first kappa shape index (κ1) is 16.0. The third-order valence-corrected chi connectivity index (χ3v) is 4.53. The van der Waals surface area contributed by atoms with Crippen LogP contribution in [0.1, 0.15) is 57.4 Å². The zero-order valence-electron chi connectivity index (χ0n) is 12.9. The molecule has 4 heteroatoms. The Morgan fingerprint density at radius 3 is 2.62 bits per heavy atom. The molecule has 1 aromatic carbocycles. The minimum Gasteiger partial charge on any atom is -0.310 e. The minimum atomic E-state index is -0.351. The Morgan fingerprint density at radius 1 is 1.19 bits per heavy atom. The normalized spacial score (nSPS) is 22.7. The van der Waals surface area contributed by atoms with Crippen molar-refractivity contribution in [3.8, 4) is 0 Å². The number of non-ortho nitro benzene ring substituents is 1. The van der Waals surface area contributed by atoms with E-state index in [1.165, 1.54) is 44.9 Å². The van der Waals surface area contributed by atoms with Gasteiger partial charge in [-0.2, -0.15) is 0 Å². The summed E-state index contributed by atoms with van der Waals surface area (Å²) in [5, 5.41) is 14.2. The summed E-state index contributed by atoms with van der Waals surface area (Å²) in [5.74, 6) is 0.918. The van der Waals surface area contributed by atoms with Crippen LogP contribution in [0.2, 0.25) is 0 Å². The number of nitrogens with zero attached hydrogens (tertiary/aromatic N) is 1. The standard InChI is InChI=1S/C17H26N2O2/c1-2-4-14-5-3-6-16(10-7-14)18-13-15-8-11-17(12-9-15)19(20)21/h8-9,11-12,14,16,18H,2-7,10,13H2,1H3. The first-order valence-electron chi connectivity index (χ1n) is 8.15. The summed E-state index contributed by atoms with van der Waals surface area (Å²) in [5.41, 5.74) is 1.28. The lowest BCUT2D eigenvalue weighted by atomic mass is 9.95. The number of nitro benzene ring substituents is 1. The third kappa shape index (κ3) is 5.12. The molecule has 1 aliphatic rings. The van der Waals surface area contributed by atoms with Gasteiger partial charge in [-0.25, -0.2) is 0 Å². The Kier molecular flexibility index (Phi) is 6.18. The zero-order chi connectivity index (χ0) is 15.1. The molecule has 21 heavy (non-hydrogen) atoms. The van der Waals surface area contributed by atoms with Gasteiger partial charge in [0.2, 0.25) is 0 Å². The van der Waals surface area contributed by atoms with Crippen LogP contribution in [0.5, 0.6) is 0 Å². The first-order chi connectivity index (χ1) is 10.2. The van der Waals surface area contributed by atoms with Crippen molar-refractivity contribution in [3.05, 3.63) is 39.9 Å². The fraction of sp³-hybridized carbons (Fsp3) is 0.647. The van der Waals surface area contributed by atoms with Gasteiger partial charge in [0.1, 0.15) is 0 Å². The Balaban J connectivity index is 1.78. The predicted molar refractivity (Wildman–Crippen MR) is 85.2 cm³/mol. The SMILES string of the molecule is CCCC1CCCC(NCc2ccc([N+](=O)[O-])cc2)CC1. The maximum absolute atomic E-state index is 10.6. The van der Waals surface area contributed by atoms with Crippen molar-refractivity contribution in [3.63, 3.8) is 0 Å². The van der Waals surface area contributed by atoms with Gasteiger partial charge >= 0.3 is 0 Å². The van der Waals surface area contributed by atoms with Gasteiger partial charge in [-0.1, -0.05) is 44.7 Å². The lowest BCUT2D eigenvalue weighted by Crippen LogP contribution is -2.27. The molecular formula is C17H26N2O2. The van der Waals surface area contributed by atoms with Gasteiger partial charge in [0.05, 0.1) is 4.92 Å². The Morgan fingerprint density at radius 2 is 1.95 bits per heavy atom. The van der Waals surface area contributed by atoms with Crippen molar-refractivity contribution in [1.29, 1.82) is 0 Å². The van der Waals surface area contributed by atoms with Crippen molar-refractivity contribution < 1.29 is 4.92 Å². The summed E-state index contributed by atoms with van der Waals surface area (Å²) in [6.45, 7) is 3.08. The average molecular weight is 290 g/mol. The topological polar surface area (TPSA) is 55.2 Å². The van der Waals surface area contributed by atoms with E-state index in [4.69, 9.17) is 0 Å². The van der Waals surface area contributed by atoms with E-state index in [9.17, 15) is 10.1 Å². The minimum absolute atomic E-state index is 0.163. The second-order valence-corrected chi connectivity index (χ2v) is 6.16. The number of nitro groups is 1. The van der Waals surface area contributed by atoms with Gasteiger partial charge < -0.3 is 5.32 Å². The number of hydrogen-bond donors (Lipinski definition) is 1. The van der Waals surface area contributed by atoms with Gasteiger partial charge in [-0.05, 0) is 30.7 Å². The fourth-order valence-electron chi connectivity index (χ4n) is 3.28. The number of hydrogen-bond acceptors (Lipinski definition) is 3. The molecule has 0 radical (unpaired) electrons. The van der Waals surface area contributed by atoms with E-state index in [-0.39, 0.29) is 10.6 Å². The molecule has 0 saturated heterocycles. The number of nitrogens with one attached hydrogen (secondary N) is 1. The van der Waals surface area contributed by atoms with E-state index in [1.54, 1.807) is 12.1 Å². The van der Waals surface area contributed by atoms with Gasteiger partial charge in [-0.15, -0.1) is 0 Å². The van der Waals surface area contributed by atoms with E-state index in [0.717, 1.165) is 18.0 Å². The van der Waals surface area contributed by atoms with Crippen LogP contribution in [0.4, 0.5) is 5.69 Å². The number of benzene rings is 1. The molecule has 1 fully saturated rings. The maximum atomic E-state index is 10.6. The molecule has 2 atom stereocenters. The summed E-state index contributed by atoms with van der Waals surface area (Å²) in [6, 6.07) is 7.47. The van der Waals surface area contributed by atoms with E-state index in [2.05, 4.69) is 12.2 Å². The summed E-state index contributed by atoms with van der Waals surface area (Å²) >= 11 is 0. The van der Waals surface area contributed by atoms with Crippen LogP contribution < -0.4 is 5.32 Å². The third-order valence-electron chi connectivity index (χ3n) is 4.53. The molecule has 0 heterocycles. The Hall–Kier alpha value is -1.42. The van der Waals surface area contributed by atoms with Gasteiger partial charge in [0.25, 0.3) is 5.69 Å². The molecule has 1 N–H and O–H groups in total. The predicted octanol–water partition coefficient (Wildman–Crippen LogP) is 4.43. The molecule has 0 bridgehead atoms. The molecule has 1 saturated carbocycles. The molecule has 0 amide bonds. The van der Waals surface area contributed by atoms with Gasteiger partial charge in [0.15, 0.2) is 0 Å². The lowest BCUT2D eigenvalue weighted by Gasteiger charge is -2.17. The molecule has 1 aromatic rings. The smallest absolute Gasteiger partial charge is 0.269 e. The molecule has 0 aromatic heterocycles. The molecule has 1 aliphatic carbocycles. The highest BCUT2D eigenvalue weighted by Gasteiger charge is 2.17. The van der Waals surface area contributed by atoms with Crippen LogP contribution in [0.25, 0.3) is 0 Å². The lowest BCUT2D eigenvalue weighted by molar-refractivity contribution is -0.384. The summed E-state index contributed by atoms with van der Waals surface area (Å²) in [7, 11) is 0. The summed E-state index contributed by atoms with van der Waals surface area (Å²) in [4.78, 5) is 10.3. The largest absolute Gasteiger partial charge is 0.310 e. The van der Waals surface area contributed by atoms with E-state index in [0.29, 0.717) is 6.04 Å². The molecule has 0 spiro atoms. The fourth-order valence-corrected chi connectivity index (χ4v) is 3.28. The van der Waals surface area contributed by atoms with Crippen LogP contribution >= 0.6 is 0 Å². The average Bonchev–Trinajstić information content (AvgIpc) is 2.71.